The average Bonchev–Trinajstić information content (AvgIpc) is 2.82. The summed E-state index contributed by atoms with van der Waals surface area (Å²) in [7, 11) is 0. The summed E-state index contributed by atoms with van der Waals surface area (Å²) in [5.74, 6) is -5.74. The van der Waals surface area contributed by atoms with E-state index in [0.29, 0.717) is 0 Å². The third-order valence-electron chi connectivity index (χ3n) is 5.98. The maximum atomic E-state index is 11.7. The minimum absolute atomic E-state index is 0. The molecule has 0 aromatic heterocycles. The number of ether oxygens (including phenoxy) is 5. The number of carbonyl (C=O) groups excluding carboxylic acids is 1. The second-order valence-corrected chi connectivity index (χ2v) is 8.43. The first-order valence-corrected chi connectivity index (χ1v) is 10.6. The number of carbonyl (C=O) groups is 3. The van der Waals surface area contributed by atoms with E-state index in [1.165, 1.54) is 0 Å². The van der Waals surface area contributed by atoms with Gasteiger partial charge in [0.2, 0.25) is 0 Å². The molecule has 19 nitrogen and oxygen atoms in total. The van der Waals surface area contributed by atoms with Crippen molar-refractivity contribution >= 4 is 17.9 Å². The standard InChI is InChI=1S/C18H26O19.Na/c19-1-2(20)10(13(26)27)36-17(6(1)24)35-9-4(22)7(25)18(37-12(9)15(30)31)34-8-3(21)5(23)16(32)33-11(8)14(28)29;/h1-12,16-25,32H,(H,26,27)(H,28,29)(H,30,31);/q;+1/p-1/t1-,2+,3+,4+,5+,6+,7+,8+,9+,10-,11-,12-,16-,17-,18-;/m0./s1. The van der Waals surface area contributed by atoms with Crippen molar-refractivity contribution in [2.75, 3.05) is 0 Å². The largest absolute Gasteiger partial charge is 1.00 e. The van der Waals surface area contributed by atoms with Gasteiger partial charge in [0.05, 0.1) is 5.97 Å². The van der Waals surface area contributed by atoms with Crippen LogP contribution in [0.3, 0.4) is 0 Å². The van der Waals surface area contributed by atoms with Gasteiger partial charge in [0.15, 0.2) is 31.1 Å². The number of hydrogen-bond acceptors (Lipinski definition) is 17. The maximum Gasteiger partial charge on any atom is 1.00 e. The quantitative estimate of drug-likeness (QED) is 0.127. The summed E-state index contributed by atoms with van der Waals surface area (Å²) in [4.78, 5) is 34.4. The van der Waals surface area contributed by atoms with Gasteiger partial charge in [0.25, 0.3) is 0 Å². The molecule has 3 aliphatic rings. The molecule has 0 bridgehead atoms. The van der Waals surface area contributed by atoms with Gasteiger partial charge in [-0.1, -0.05) is 0 Å². The third-order valence-corrected chi connectivity index (χ3v) is 5.98. The monoisotopic (exact) mass is 568 g/mol. The van der Waals surface area contributed by atoms with Crippen LogP contribution in [0.5, 0.6) is 0 Å². The number of aliphatic hydroxyl groups excluding tert-OH is 8. The van der Waals surface area contributed by atoms with Gasteiger partial charge in [0, 0.05) is 0 Å². The molecule has 212 valence electrons. The Bertz CT molecular complexity index is 860. The Morgan fingerprint density at radius 2 is 0.974 bits per heavy atom. The zero-order valence-corrected chi connectivity index (χ0v) is 21.3. The van der Waals surface area contributed by atoms with Crippen LogP contribution < -0.4 is 34.7 Å². The van der Waals surface area contributed by atoms with Crippen LogP contribution in [0.15, 0.2) is 0 Å². The molecule has 15 atom stereocenters. The van der Waals surface area contributed by atoms with Gasteiger partial charge in [-0.25, -0.2) is 9.59 Å². The van der Waals surface area contributed by atoms with Crippen molar-refractivity contribution in [3.8, 4) is 0 Å². The van der Waals surface area contributed by atoms with Crippen molar-refractivity contribution in [3.05, 3.63) is 0 Å². The second-order valence-electron chi connectivity index (χ2n) is 8.43. The van der Waals surface area contributed by atoms with Gasteiger partial charge in [-0.15, -0.1) is 0 Å². The van der Waals surface area contributed by atoms with E-state index in [2.05, 4.69) is 4.74 Å². The first kappa shape index (κ1) is 33.1. The van der Waals surface area contributed by atoms with Crippen molar-refractivity contribution in [2.24, 2.45) is 0 Å². The topological polar surface area (TPSA) is 323 Å². The number of carboxylic acids is 3. The van der Waals surface area contributed by atoms with Crippen LogP contribution in [-0.4, -0.2) is 161 Å². The molecule has 3 rings (SSSR count). The van der Waals surface area contributed by atoms with E-state index in [1.54, 1.807) is 0 Å². The normalized spacial score (nSPS) is 47.5. The summed E-state index contributed by atoms with van der Waals surface area (Å²) in [6.07, 6.45) is -32.9. The summed E-state index contributed by atoms with van der Waals surface area (Å²) in [5, 5.41) is 110. The van der Waals surface area contributed by atoms with Crippen LogP contribution >= 0.6 is 0 Å². The van der Waals surface area contributed by atoms with Crippen LogP contribution in [0.1, 0.15) is 0 Å². The summed E-state index contributed by atoms with van der Waals surface area (Å²) in [6.45, 7) is 0. The maximum absolute atomic E-state index is 11.7. The smallest absolute Gasteiger partial charge is 0.547 e. The molecule has 0 unspecified atom stereocenters. The molecule has 0 aliphatic carbocycles. The van der Waals surface area contributed by atoms with E-state index >= 15 is 0 Å². The number of hydrogen-bond donors (Lipinski definition) is 10. The molecule has 3 heterocycles. The summed E-state index contributed by atoms with van der Waals surface area (Å²) in [5.41, 5.74) is 0. The van der Waals surface area contributed by atoms with Crippen molar-refractivity contribution in [1.82, 2.24) is 0 Å². The number of rotatable bonds is 7. The Morgan fingerprint density at radius 3 is 1.45 bits per heavy atom. The Hall–Kier alpha value is -1.11. The van der Waals surface area contributed by atoms with Crippen molar-refractivity contribution in [3.63, 3.8) is 0 Å². The van der Waals surface area contributed by atoms with Gasteiger partial charge in [0.1, 0.15) is 61.0 Å². The summed E-state index contributed by atoms with van der Waals surface area (Å²) < 4.78 is 24.7. The summed E-state index contributed by atoms with van der Waals surface area (Å²) >= 11 is 0. The second kappa shape index (κ2) is 13.0. The molecule has 0 amide bonds. The van der Waals surface area contributed by atoms with E-state index in [1.807, 2.05) is 0 Å². The zero-order valence-electron chi connectivity index (χ0n) is 19.3. The van der Waals surface area contributed by atoms with E-state index < -0.39 is 110 Å². The predicted octanol–water partition coefficient (Wildman–Crippen LogP) is -11.6. The Labute approximate surface area is 233 Å². The Balaban J connectivity index is 0.00000507. The molecule has 10 N–H and O–H groups in total. The molecule has 3 fully saturated rings. The summed E-state index contributed by atoms with van der Waals surface area (Å²) in [6, 6.07) is 0. The van der Waals surface area contributed by atoms with Crippen molar-refractivity contribution in [2.45, 2.75) is 92.1 Å². The molecule has 3 saturated heterocycles. The third kappa shape index (κ3) is 6.44. The van der Waals surface area contributed by atoms with Crippen LogP contribution in [0, 0.1) is 0 Å². The van der Waals surface area contributed by atoms with Gasteiger partial charge < -0.3 is 84.7 Å². The number of carboxylic acid groups (broad SMARTS) is 3. The van der Waals surface area contributed by atoms with Crippen LogP contribution in [0.2, 0.25) is 0 Å². The molecule has 0 saturated carbocycles. The first-order chi connectivity index (χ1) is 17.2. The molecule has 3 aliphatic heterocycles. The fourth-order valence-corrected chi connectivity index (χ4v) is 3.97. The molecular formula is C18H25NaO19. The van der Waals surface area contributed by atoms with E-state index in [9.17, 15) is 65.4 Å². The predicted molar refractivity (Wildman–Crippen MR) is 100 cm³/mol. The number of aliphatic carboxylic acids is 3. The molecule has 0 radical (unpaired) electrons. The van der Waals surface area contributed by atoms with Crippen LogP contribution in [-0.2, 0) is 38.1 Å². The Morgan fingerprint density at radius 1 is 0.553 bits per heavy atom. The molecule has 0 spiro atoms. The SMILES string of the molecule is O=C(O)[C@H]1O[C@H](O[C@@H]2[C@H](O)[C@@H](O)[C@@H](O[C@@H]3[C@H](O)[C@@H](O)[C@@H](O)O[C@@H]3C(=O)O)O[C@@H]2C(=O)[O-])[C@H](O)[C@@H](O)[C@H]1O.[Na+]. The van der Waals surface area contributed by atoms with Crippen molar-refractivity contribution < 1.29 is 124 Å². The van der Waals surface area contributed by atoms with Gasteiger partial charge >= 0.3 is 41.5 Å². The molecule has 0 aromatic carbocycles. The molecular weight excluding hydrogens is 543 g/mol. The zero-order chi connectivity index (χ0) is 27.9. The molecule has 20 heteroatoms. The van der Waals surface area contributed by atoms with Gasteiger partial charge in [-0.05, 0) is 0 Å². The fourth-order valence-electron chi connectivity index (χ4n) is 3.97. The average molecular weight is 568 g/mol. The van der Waals surface area contributed by atoms with Crippen molar-refractivity contribution in [1.29, 1.82) is 0 Å². The molecule has 0 aromatic rings. The van der Waals surface area contributed by atoms with E-state index in [0.717, 1.165) is 0 Å². The van der Waals surface area contributed by atoms with E-state index in [-0.39, 0.29) is 29.6 Å². The molecule has 38 heavy (non-hydrogen) atoms. The Kier molecular flexibility index (Phi) is 11.4. The first-order valence-electron chi connectivity index (χ1n) is 10.6. The van der Waals surface area contributed by atoms with Crippen LogP contribution in [0.25, 0.3) is 0 Å². The van der Waals surface area contributed by atoms with Gasteiger partial charge in [-0.3, -0.25) is 0 Å². The van der Waals surface area contributed by atoms with Gasteiger partial charge in [-0.2, -0.15) is 0 Å². The van der Waals surface area contributed by atoms with E-state index in [4.69, 9.17) is 24.1 Å². The minimum atomic E-state index is -2.40. The number of aliphatic hydroxyl groups is 8. The van der Waals surface area contributed by atoms with Crippen LogP contribution in [0.4, 0.5) is 0 Å². The fraction of sp³-hybridized carbons (Fsp3) is 0.833. The minimum Gasteiger partial charge on any atom is -0.547 e.